The number of H-pyrrole nitrogens is 1. The number of alkyl halides is 3. The highest BCUT2D eigenvalue weighted by atomic mass is 19.4. The smallest absolute Gasteiger partial charge is 0.350 e. The zero-order chi connectivity index (χ0) is 16.2. The molecular formula is C14H21F3N4O. The van der Waals surface area contributed by atoms with E-state index in [0.29, 0.717) is 38.2 Å². The van der Waals surface area contributed by atoms with Crippen LogP contribution in [0.3, 0.4) is 0 Å². The predicted molar refractivity (Wildman–Crippen MR) is 75.5 cm³/mol. The van der Waals surface area contributed by atoms with Crippen molar-refractivity contribution in [3.05, 3.63) is 17.5 Å². The first kappa shape index (κ1) is 16.8. The normalized spacial score (nSPS) is 17.6. The molecule has 0 radical (unpaired) electrons. The number of carbonyl (C=O) groups excluding carboxylic acids is 1. The summed E-state index contributed by atoms with van der Waals surface area (Å²) in [5, 5.41) is 9.52. The van der Waals surface area contributed by atoms with E-state index in [4.69, 9.17) is 0 Å². The van der Waals surface area contributed by atoms with Crippen molar-refractivity contribution >= 4 is 5.91 Å². The third kappa shape index (κ3) is 5.01. The average molecular weight is 318 g/mol. The van der Waals surface area contributed by atoms with Crippen molar-refractivity contribution < 1.29 is 18.0 Å². The van der Waals surface area contributed by atoms with Gasteiger partial charge in [-0.2, -0.15) is 18.3 Å². The van der Waals surface area contributed by atoms with Gasteiger partial charge in [-0.05, 0) is 44.3 Å². The number of hydrogen-bond donors (Lipinski definition) is 2. The molecule has 1 aromatic heterocycles. The number of likely N-dealkylation sites (tertiary alicyclic amines) is 1. The van der Waals surface area contributed by atoms with E-state index in [1.165, 1.54) is 4.90 Å². The van der Waals surface area contributed by atoms with Crippen LogP contribution < -0.4 is 5.32 Å². The van der Waals surface area contributed by atoms with Gasteiger partial charge in [-0.3, -0.25) is 14.8 Å². The van der Waals surface area contributed by atoms with Crippen molar-refractivity contribution in [2.75, 3.05) is 26.2 Å². The summed E-state index contributed by atoms with van der Waals surface area (Å²) in [7, 11) is 0. The Kier molecular flexibility index (Phi) is 5.44. The number of nitrogens with zero attached hydrogens (tertiary/aromatic N) is 2. The Hall–Kier alpha value is -1.57. The maximum Gasteiger partial charge on any atom is 0.401 e. The van der Waals surface area contributed by atoms with Gasteiger partial charge in [0.1, 0.15) is 5.69 Å². The summed E-state index contributed by atoms with van der Waals surface area (Å²) in [6, 6.07) is 1.71. The molecule has 1 fully saturated rings. The van der Waals surface area contributed by atoms with Gasteiger partial charge in [0.15, 0.2) is 0 Å². The van der Waals surface area contributed by atoms with Crippen molar-refractivity contribution in [1.82, 2.24) is 20.4 Å². The van der Waals surface area contributed by atoms with E-state index in [1.807, 2.05) is 6.92 Å². The summed E-state index contributed by atoms with van der Waals surface area (Å²) in [5.74, 6) is -0.0216. The van der Waals surface area contributed by atoms with Gasteiger partial charge in [0.2, 0.25) is 0 Å². The predicted octanol–water partition coefficient (Wildman–Crippen LogP) is 1.98. The molecule has 1 saturated heterocycles. The minimum absolute atomic E-state index is 0.220. The summed E-state index contributed by atoms with van der Waals surface area (Å²) < 4.78 is 36.9. The molecule has 1 aliphatic rings. The third-order valence-electron chi connectivity index (χ3n) is 3.91. The number of hydrogen-bond acceptors (Lipinski definition) is 3. The number of aromatic nitrogens is 2. The number of nitrogens with one attached hydrogen (secondary N) is 2. The molecule has 2 heterocycles. The van der Waals surface area contributed by atoms with Gasteiger partial charge in [0, 0.05) is 12.2 Å². The zero-order valence-corrected chi connectivity index (χ0v) is 12.5. The molecule has 0 aliphatic carbocycles. The molecule has 124 valence electrons. The van der Waals surface area contributed by atoms with Crippen LogP contribution in [0.25, 0.3) is 0 Å². The number of rotatable bonds is 5. The van der Waals surface area contributed by atoms with E-state index in [2.05, 4.69) is 15.5 Å². The second-order valence-corrected chi connectivity index (χ2v) is 5.68. The fourth-order valence-electron chi connectivity index (χ4n) is 2.59. The van der Waals surface area contributed by atoms with Crippen LogP contribution in [0.5, 0.6) is 0 Å². The molecule has 8 heteroatoms. The maximum atomic E-state index is 12.3. The van der Waals surface area contributed by atoms with Crippen molar-refractivity contribution in [3.63, 3.8) is 0 Å². The van der Waals surface area contributed by atoms with Gasteiger partial charge in [-0.1, -0.05) is 6.92 Å². The van der Waals surface area contributed by atoms with Crippen molar-refractivity contribution in [3.8, 4) is 0 Å². The first-order valence-electron chi connectivity index (χ1n) is 7.49. The monoisotopic (exact) mass is 318 g/mol. The number of amides is 1. The summed E-state index contributed by atoms with van der Waals surface area (Å²) >= 11 is 0. The lowest BCUT2D eigenvalue weighted by Crippen LogP contribution is -2.42. The highest BCUT2D eigenvalue weighted by Crippen LogP contribution is 2.22. The van der Waals surface area contributed by atoms with E-state index in [-0.39, 0.29) is 11.8 Å². The molecule has 0 bridgehead atoms. The summed E-state index contributed by atoms with van der Waals surface area (Å²) in [5.41, 5.74) is 1.25. The van der Waals surface area contributed by atoms with Gasteiger partial charge in [0.05, 0.1) is 6.54 Å². The summed E-state index contributed by atoms with van der Waals surface area (Å²) in [6.45, 7) is 2.43. The second kappa shape index (κ2) is 7.13. The zero-order valence-electron chi connectivity index (χ0n) is 12.5. The highest BCUT2D eigenvalue weighted by molar-refractivity contribution is 5.92. The first-order chi connectivity index (χ1) is 10.4. The number of halogens is 3. The molecule has 5 nitrogen and oxygen atoms in total. The molecular weight excluding hydrogens is 297 g/mol. The van der Waals surface area contributed by atoms with E-state index in [1.54, 1.807) is 6.07 Å². The topological polar surface area (TPSA) is 61.0 Å². The first-order valence-corrected chi connectivity index (χ1v) is 7.49. The van der Waals surface area contributed by atoms with Gasteiger partial charge >= 0.3 is 6.18 Å². The van der Waals surface area contributed by atoms with Crippen LogP contribution in [0.1, 0.15) is 35.9 Å². The van der Waals surface area contributed by atoms with Crippen LogP contribution in [-0.2, 0) is 6.42 Å². The number of carbonyl (C=O) groups is 1. The lowest BCUT2D eigenvalue weighted by atomic mass is 9.97. The molecule has 2 rings (SSSR count). The molecule has 22 heavy (non-hydrogen) atoms. The number of aromatic amines is 1. The number of piperidine rings is 1. The Morgan fingerprint density at radius 1 is 1.45 bits per heavy atom. The standard InChI is InChI=1S/C14H21F3N4O/c1-2-11-7-12(20-19-11)13(22)18-8-10-3-5-21(6-4-10)9-14(15,16)17/h7,10H,2-6,8-9H2,1H3,(H,18,22)(H,19,20). The molecule has 1 amide bonds. The molecule has 0 spiro atoms. The number of aryl methyl sites for hydroxylation is 1. The molecule has 2 N–H and O–H groups in total. The Bertz CT molecular complexity index is 493. The van der Waals surface area contributed by atoms with Crippen molar-refractivity contribution in [1.29, 1.82) is 0 Å². The molecule has 0 saturated carbocycles. The van der Waals surface area contributed by atoms with Crippen LogP contribution in [0, 0.1) is 5.92 Å². The van der Waals surface area contributed by atoms with E-state index in [9.17, 15) is 18.0 Å². The van der Waals surface area contributed by atoms with Crippen LogP contribution in [0.4, 0.5) is 13.2 Å². The van der Waals surface area contributed by atoms with Gasteiger partial charge in [-0.25, -0.2) is 0 Å². The van der Waals surface area contributed by atoms with Crippen LogP contribution in [0.15, 0.2) is 6.07 Å². The highest BCUT2D eigenvalue weighted by Gasteiger charge is 2.32. The van der Waals surface area contributed by atoms with Crippen molar-refractivity contribution in [2.45, 2.75) is 32.4 Å². The Morgan fingerprint density at radius 3 is 2.68 bits per heavy atom. The minimum Gasteiger partial charge on any atom is -0.350 e. The Labute approximate surface area is 127 Å². The molecule has 1 aliphatic heterocycles. The quantitative estimate of drug-likeness (QED) is 0.873. The molecule has 1 aromatic rings. The average Bonchev–Trinajstić information content (AvgIpc) is 2.93. The van der Waals surface area contributed by atoms with Crippen LogP contribution in [-0.4, -0.2) is 53.4 Å². The van der Waals surface area contributed by atoms with Gasteiger partial charge < -0.3 is 5.32 Å². The molecule has 0 aromatic carbocycles. The largest absolute Gasteiger partial charge is 0.401 e. The second-order valence-electron chi connectivity index (χ2n) is 5.68. The minimum atomic E-state index is -4.14. The van der Waals surface area contributed by atoms with Crippen LogP contribution >= 0.6 is 0 Å². The van der Waals surface area contributed by atoms with Gasteiger partial charge in [-0.15, -0.1) is 0 Å². The van der Waals surface area contributed by atoms with E-state index < -0.39 is 12.7 Å². The van der Waals surface area contributed by atoms with Crippen LogP contribution in [0.2, 0.25) is 0 Å². The lowest BCUT2D eigenvalue weighted by molar-refractivity contribution is -0.148. The summed E-state index contributed by atoms with van der Waals surface area (Å²) in [6.07, 6.45) is -2.04. The fourth-order valence-corrected chi connectivity index (χ4v) is 2.59. The Balaban J connectivity index is 1.71. The van der Waals surface area contributed by atoms with E-state index >= 15 is 0 Å². The lowest BCUT2D eigenvalue weighted by Gasteiger charge is -2.32. The molecule has 0 atom stereocenters. The fraction of sp³-hybridized carbons (Fsp3) is 0.714. The molecule has 0 unspecified atom stereocenters. The van der Waals surface area contributed by atoms with E-state index in [0.717, 1.165) is 12.1 Å². The van der Waals surface area contributed by atoms with Crippen molar-refractivity contribution in [2.24, 2.45) is 5.92 Å². The van der Waals surface area contributed by atoms with Gasteiger partial charge in [0.25, 0.3) is 5.91 Å². The maximum absolute atomic E-state index is 12.3. The third-order valence-corrected chi connectivity index (χ3v) is 3.91. The summed E-state index contributed by atoms with van der Waals surface area (Å²) in [4.78, 5) is 13.3. The Morgan fingerprint density at radius 2 is 2.14 bits per heavy atom. The SMILES string of the molecule is CCc1cc(C(=O)NCC2CCN(CC(F)(F)F)CC2)n[nH]1.